The van der Waals surface area contributed by atoms with E-state index in [2.05, 4.69) is 0 Å². The van der Waals surface area contributed by atoms with Gasteiger partial charge in [-0.15, -0.1) is 0 Å². The lowest BCUT2D eigenvalue weighted by Gasteiger charge is -2.36. The van der Waals surface area contributed by atoms with E-state index in [-0.39, 0.29) is 18.0 Å². The molecule has 3 rings (SSSR count). The van der Waals surface area contributed by atoms with Gasteiger partial charge in [0.2, 0.25) is 10.0 Å². The molecular formula is C24H27NO7S. The average Bonchev–Trinajstić information content (AvgIpc) is 2.77. The van der Waals surface area contributed by atoms with E-state index in [4.69, 9.17) is 14.2 Å². The summed E-state index contributed by atoms with van der Waals surface area (Å²) in [5.74, 6) is -1.06. The number of rotatable bonds is 8. The maximum absolute atomic E-state index is 13.6. The van der Waals surface area contributed by atoms with E-state index in [0.717, 1.165) is 11.1 Å². The molecule has 33 heavy (non-hydrogen) atoms. The van der Waals surface area contributed by atoms with Gasteiger partial charge >= 0.3 is 11.9 Å². The predicted molar refractivity (Wildman–Crippen MR) is 120 cm³/mol. The Hall–Kier alpha value is -3.01. The second kappa shape index (κ2) is 10.7. The smallest absolute Gasteiger partial charge is 0.303 e. The Morgan fingerprint density at radius 2 is 1.64 bits per heavy atom. The Bertz CT molecular complexity index is 1100. The summed E-state index contributed by atoms with van der Waals surface area (Å²) in [6.45, 7) is 4.23. The first kappa shape index (κ1) is 24.6. The van der Waals surface area contributed by atoms with Gasteiger partial charge in [-0.25, -0.2) is 8.42 Å². The molecule has 2 aromatic carbocycles. The number of hydrogen-bond donors (Lipinski definition) is 0. The molecule has 0 bridgehead atoms. The van der Waals surface area contributed by atoms with Crippen LogP contribution >= 0.6 is 0 Å². The highest BCUT2D eigenvalue weighted by Crippen LogP contribution is 2.27. The molecule has 1 heterocycles. The Balaban J connectivity index is 1.97. The summed E-state index contributed by atoms with van der Waals surface area (Å²) >= 11 is 0. The first-order chi connectivity index (χ1) is 15.7. The van der Waals surface area contributed by atoms with Gasteiger partial charge in [0.15, 0.2) is 0 Å². The second-order valence-corrected chi connectivity index (χ2v) is 9.57. The molecule has 0 spiro atoms. The van der Waals surface area contributed by atoms with Crippen LogP contribution in [-0.4, -0.2) is 49.7 Å². The summed E-state index contributed by atoms with van der Waals surface area (Å²) in [5.41, 5.74) is 1.70. The molecule has 8 nitrogen and oxygen atoms in total. The zero-order valence-corrected chi connectivity index (χ0v) is 19.5. The monoisotopic (exact) mass is 473 g/mol. The van der Waals surface area contributed by atoms with E-state index in [9.17, 15) is 18.0 Å². The molecule has 0 N–H and O–H groups in total. The van der Waals surface area contributed by atoms with Crippen LogP contribution < -0.4 is 0 Å². The number of sulfonamides is 1. The van der Waals surface area contributed by atoms with Crippen molar-refractivity contribution in [3.8, 4) is 0 Å². The van der Waals surface area contributed by atoms with Gasteiger partial charge in [0.05, 0.1) is 4.90 Å². The highest BCUT2D eigenvalue weighted by atomic mass is 32.2. The van der Waals surface area contributed by atoms with Crippen molar-refractivity contribution in [2.75, 3.05) is 6.61 Å². The SMILES string of the molecule is CC(=O)OC[C@H]1OC(N(Cc2ccccc2)S(=O)(=O)c2ccc(C)cc2)C=C[C@@H]1OC(C)=O. The Morgan fingerprint density at radius 1 is 0.970 bits per heavy atom. The van der Waals surface area contributed by atoms with Gasteiger partial charge in [0, 0.05) is 20.4 Å². The fraction of sp³-hybridized carbons (Fsp3) is 0.333. The largest absolute Gasteiger partial charge is 0.463 e. The summed E-state index contributed by atoms with van der Waals surface area (Å²) in [5, 5.41) is 0. The van der Waals surface area contributed by atoms with Crippen molar-refractivity contribution in [1.82, 2.24) is 4.31 Å². The number of aryl methyl sites for hydroxylation is 1. The Morgan fingerprint density at radius 3 is 2.24 bits per heavy atom. The van der Waals surface area contributed by atoms with Crippen molar-refractivity contribution in [2.24, 2.45) is 0 Å². The second-order valence-electron chi connectivity index (χ2n) is 7.68. The molecule has 0 saturated carbocycles. The Kier molecular flexibility index (Phi) is 8.01. The number of hydrogen-bond acceptors (Lipinski definition) is 7. The van der Waals surface area contributed by atoms with Crippen molar-refractivity contribution in [3.05, 3.63) is 77.9 Å². The topological polar surface area (TPSA) is 99.2 Å². The lowest BCUT2D eigenvalue weighted by atomic mass is 10.1. The highest BCUT2D eigenvalue weighted by Gasteiger charge is 2.38. The lowest BCUT2D eigenvalue weighted by Crippen LogP contribution is -2.49. The van der Waals surface area contributed by atoms with Crippen molar-refractivity contribution in [1.29, 1.82) is 0 Å². The number of benzene rings is 2. The maximum Gasteiger partial charge on any atom is 0.303 e. The minimum Gasteiger partial charge on any atom is -0.463 e. The highest BCUT2D eigenvalue weighted by molar-refractivity contribution is 7.89. The summed E-state index contributed by atoms with van der Waals surface area (Å²) in [7, 11) is -3.97. The first-order valence-electron chi connectivity index (χ1n) is 10.4. The van der Waals surface area contributed by atoms with Crippen LogP contribution in [0, 0.1) is 6.92 Å². The normalized spacial score (nSPS) is 20.4. The van der Waals surface area contributed by atoms with Gasteiger partial charge in [-0.1, -0.05) is 48.0 Å². The van der Waals surface area contributed by atoms with Gasteiger partial charge < -0.3 is 14.2 Å². The average molecular weight is 474 g/mol. The van der Waals surface area contributed by atoms with Crippen LogP contribution in [0.25, 0.3) is 0 Å². The zero-order valence-electron chi connectivity index (χ0n) is 18.7. The minimum absolute atomic E-state index is 0.0462. The van der Waals surface area contributed by atoms with Crippen molar-refractivity contribution < 1.29 is 32.2 Å². The third-order valence-electron chi connectivity index (χ3n) is 4.99. The molecule has 1 unspecified atom stereocenters. The van der Waals surface area contributed by atoms with Gasteiger partial charge in [0.1, 0.15) is 25.0 Å². The zero-order chi connectivity index (χ0) is 24.0. The molecule has 3 atom stereocenters. The molecular weight excluding hydrogens is 446 g/mol. The number of carbonyl (C=O) groups excluding carboxylic acids is 2. The maximum atomic E-state index is 13.6. The molecule has 0 fully saturated rings. The van der Waals surface area contributed by atoms with Crippen LogP contribution in [-0.2, 0) is 40.4 Å². The van der Waals surface area contributed by atoms with E-state index in [0.29, 0.717) is 0 Å². The van der Waals surface area contributed by atoms with Crippen LogP contribution in [0.5, 0.6) is 0 Å². The van der Waals surface area contributed by atoms with Gasteiger partial charge in [-0.05, 0) is 36.8 Å². The standard InChI is InChI=1S/C24H27NO7S/c1-17-9-11-21(12-10-17)33(28,29)25(15-20-7-5-4-6-8-20)24-14-13-22(31-19(3)27)23(32-24)16-30-18(2)26/h4-14,22-24H,15-16H2,1-3H3/t22-,23+,24?/m0/s1. The third kappa shape index (κ3) is 6.50. The van der Waals surface area contributed by atoms with E-state index in [1.807, 2.05) is 37.3 Å². The fourth-order valence-electron chi connectivity index (χ4n) is 3.36. The van der Waals surface area contributed by atoms with Crippen LogP contribution in [0.2, 0.25) is 0 Å². The van der Waals surface area contributed by atoms with Crippen LogP contribution in [0.15, 0.2) is 71.6 Å². The van der Waals surface area contributed by atoms with Gasteiger partial charge in [-0.3, -0.25) is 9.59 Å². The van der Waals surface area contributed by atoms with E-state index in [1.165, 1.54) is 24.2 Å². The summed E-state index contributed by atoms with van der Waals surface area (Å²) < 4.78 is 44.8. The van der Waals surface area contributed by atoms with Crippen molar-refractivity contribution in [2.45, 2.75) is 50.6 Å². The fourth-order valence-corrected chi connectivity index (χ4v) is 4.82. The number of nitrogens with zero attached hydrogens (tertiary/aromatic N) is 1. The van der Waals surface area contributed by atoms with Crippen LogP contribution in [0.4, 0.5) is 0 Å². The van der Waals surface area contributed by atoms with Crippen molar-refractivity contribution >= 4 is 22.0 Å². The van der Waals surface area contributed by atoms with Gasteiger partial charge in [0.25, 0.3) is 0 Å². The van der Waals surface area contributed by atoms with Crippen LogP contribution in [0.3, 0.4) is 0 Å². The molecule has 1 aliphatic heterocycles. The molecule has 0 aromatic heterocycles. The molecule has 0 amide bonds. The lowest BCUT2D eigenvalue weighted by molar-refractivity contribution is -0.169. The predicted octanol–water partition coefficient (Wildman–Crippen LogP) is 2.96. The van der Waals surface area contributed by atoms with Gasteiger partial charge in [-0.2, -0.15) is 4.31 Å². The molecule has 176 valence electrons. The summed E-state index contributed by atoms with van der Waals surface area (Å²) in [6.07, 6.45) is 0.390. The minimum atomic E-state index is -3.97. The Labute approximate surface area is 193 Å². The summed E-state index contributed by atoms with van der Waals surface area (Å²) in [4.78, 5) is 23.0. The first-order valence-corrected chi connectivity index (χ1v) is 11.9. The van der Waals surface area contributed by atoms with E-state index in [1.54, 1.807) is 30.3 Å². The number of esters is 2. The molecule has 0 radical (unpaired) electrons. The van der Waals surface area contributed by atoms with E-state index >= 15 is 0 Å². The third-order valence-corrected chi connectivity index (χ3v) is 6.81. The molecule has 0 aliphatic carbocycles. The van der Waals surface area contributed by atoms with Crippen LogP contribution in [0.1, 0.15) is 25.0 Å². The molecule has 2 aromatic rings. The molecule has 0 saturated heterocycles. The number of carbonyl (C=O) groups is 2. The quantitative estimate of drug-likeness (QED) is 0.429. The van der Waals surface area contributed by atoms with E-state index < -0.39 is 40.4 Å². The molecule has 9 heteroatoms. The molecule has 1 aliphatic rings. The van der Waals surface area contributed by atoms with Crippen molar-refractivity contribution in [3.63, 3.8) is 0 Å². The number of ether oxygens (including phenoxy) is 3. The summed E-state index contributed by atoms with van der Waals surface area (Å²) in [6, 6.07) is 15.7.